The lowest BCUT2D eigenvalue weighted by molar-refractivity contribution is 0.0929. The van der Waals surface area contributed by atoms with Gasteiger partial charge in [-0.15, -0.1) is 0 Å². The van der Waals surface area contributed by atoms with E-state index in [1.165, 1.54) is 12.8 Å². The molecule has 1 fully saturated rings. The number of carbonyl (C=O) groups is 1. The van der Waals surface area contributed by atoms with E-state index in [4.69, 9.17) is 16.1 Å². The molecule has 4 rings (SSSR count). The highest BCUT2D eigenvalue weighted by atomic mass is 79.9. The lowest BCUT2D eigenvalue weighted by Crippen LogP contribution is -2.36. The van der Waals surface area contributed by atoms with Crippen molar-refractivity contribution in [1.82, 2.24) is 15.4 Å². The number of rotatable bonds is 6. The summed E-state index contributed by atoms with van der Waals surface area (Å²) in [7, 11) is 0. The standard InChI is InChI=1S/C22H21BrClN3O2/c23-17-7-3-16(4-8-17)21-13-19(26-29-21)22(28)25-14-20(27-11-1-2-12-27)15-5-9-18(24)10-6-15/h3-10,13,20H,1-2,11-12,14H2,(H,25,28)/t20-/m0/s1. The highest BCUT2D eigenvalue weighted by Crippen LogP contribution is 2.26. The number of carbonyl (C=O) groups excluding carboxylic acids is 1. The Labute approximate surface area is 183 Å². The molecule has 0 radical (unpaired) electrons. The third-order valence-corrected chi connectivity index (χ3v) is 5.94. The van der Waals surface area contributed by atoms with E-state index in [9.17, 15) is 4.79 Å². The SMILES string of the molecule is O=C(NC[C@@H](c1ccc(Cl)cc1)N1CCCC1)c1cc(-c2ccc(Br)cc2)on1. The Morgan fingerprint density at radius 2 is 1.83 bits per heavy atom. The Bertz CT molecular complexity index is 966. The molecule has 2 aromatic carbocycles. The Kier molecular flexibility index (Phi) is 6.33. The molecule has 1 amide bonds. The van der Waals surface area contributed by atoms with E-state index in [1.54, 1.807) is 6.07 Å². The minimum Gasteiger partial charge on any atom is -0.355 e. The number of hydrogen-bond acceptors (Lipinski definition) is 4. The Morgan fingerprint density at radius 1 is 1.14 bits per heavy atom. The van der Waals surface area contributed by atoms with Crippen molar-refractivity contribution in [1.29, 1.82) is 0 Å². The van der Waals surface area contributed by atoms with Crippen molar-refractivity contribution >= 4 is 33.4 Å². The van der Waals surface area contributed by atoms with E-state index < -0.39 is 0 Å². The molecule has 150 valence electrons. The molecule has 1 aliphatic rings. The van der Waals surface area contributed by atoms with Gasteiger partial charge in [0.2, 0.25) is 0 Å². The first-order chi connectivity index (χ1) is 14.1. The van der Waals surface area contributed by atoms with Gasteiger partial charge >= 0.3 is 0 Å². The van der Waals surface area contributed by atoms with Crippen LogP contribution in [0, 0.1) is 0 Å². The molecule has 3 aromatic rings. The van der Waals surface area contributed by atoms with Gasteiger partial charge in [-0.25, -0.2) is 0 Å². The van der Waals surface area contributed by atoms with Crippen molar-refractivity contribution in [3.05, 3.63) is 75.4 Å². The summed E-state index contributed by atoms with van der Waals surface area (Å²) in [5, 5.41) is 7.67. The zero-order chi connectivity index (χ0) is 20.2. The molecular formula is C22H21BrClN3O2. The second-order valence-corrected chi connectivity index (χ2v) is 8.46. The van der Waals surface area contributed by atoms with Crippen molar-refractivity contribution in [2.75, 3.05) is 19.6 Å². The lowest BCUT2D eigenvalue weighted by Gasteiger charge is -2.28. The minimum atomic E-state index is -0.240. The summed E-state index contributed by atoms with van der Waals surface area (Å²) >= 11 is 9.45. The predicted octanol–water partition coefficient (Wildman–Crippen LogP) is 5.32. The Balaban J connectivity index is 1.45. The molecule has 1 aromatic heterocycles. The molecular weight excluding hydrogens is 454 g/mol. The van der Waals surface area contributed by atoms with Gasteiger partial charge in [0.25, 0.3) is 5.91 Å². The molecule has 7 heteroatoms. The molecule has 0 aliphatic carbocycles. The maximum absolute atomic E-state index is 12.7. The summed E-state index contributed by atoms with van der Waals surface area (Å²) in [5.74, 6) is 0.326. The maximum atomic E-state index is 12.7. The monoisotopic (exact) mass is 473 g/mol. The van der Waals surface area contributed by atoms with Crippen molar-refractivity contribution in [3.63, 3.8) is 0 Å². The average Bonchev–Trinajstić information content (AvgIpc) is 3.42. The number of nitrogens with zero attached hydrogens (tertiary/aromatic N) is 2. The molecule has 1 atom stereocenters. The van der Waals surface area contributed by atoms with Crippen LogP contribution in [0.4, 0.5) is 0 Å². The van der Waals surface area contributed by atoms with Gasteiger partial charge in [-0.3, -0.25) is 9.69 Å². The normalized spacial score (nSPS) is 15.4. The van der Waals surface area contributed by atoms with Crippen LogP contribution in [-0.4, -0.2) is 35.6 Å². The lowest BCUT2D eigenvalue weighted by atomic mass is 10.1. The molecule has 0 spiro atoms. The third kappa shape index (κ3) is 4.89. The van der Waals surface area contributed by atoms with Gasteiger partial charge in [0.05, 0.1) is 6.04 Å². The average molecular weight is 475 g/mol. The zero-order valence-electron chi connectivity index (χ0n) is 15.8. The number of hydrogen-bond donors (Lipinski definition) is 1. The van der Waals surface area contributed by atoms with E-state index in [1.807, 2.05) is 48.5 Å². The van der Waals surface area contributed by atoms with Crippen molar-refractivity contribution in [2.24, 2.45) is 0 Å². The summed E-state index contributed by atoms with van der Waals surface area (Å²) < 4.78 is 6.35. The third-order valence-electron chi connectivity index (χ3n) is 5.16. The van der Waals surface area contributed by atoms with Crippen LogP contribution in [0.1, 0.15) is 34.9 Å². The summed E-state index contributed by atoms with van der Waals surface area (Å²) in [6.45, 7) is 2.56. The summed E-state index contributed by atoms with van der Waals surface area (Å²) in [6, 6.07) is 17.3. The van der Waals surface area contributed by atoms with Crippen LogP contribution < -0.4 is 5.32 Å². The number of nitrogens with one attached hydrogen (secondary N) is 1. The summed E-state index contributed by atoms with van der Waals surface area (Å²) in [4.78, 5) is 15.1. The topological polar surface area (TPSA) is 58.4 Å². The predicted molar refractivity (Wildman–Crippen MR) is 117 cm³/mol. The number of aromatic nitrogens is 1. The highest BCUT2D eigenvalue weighted by Gasteiger charge is 2.24. The molecule has 0 unspecified atom stereocenters. The fourth-order valence-corrected chi connectivity index (χ4v) is 4.00. The number of likely N-dealkylation sites (tertiary alicyclic amines) is 1. The van der Waals surface area contributed by atoms with E-state index >= 15 is 0 Å². The van der Waals surface area contributed by atoms with Crippen LogP contribution in [0.15, 0.2) is 63.6 Å². The smallest absolute Gasteiger partial charge is 0.273 e. The van der Waals surface area contributed by atoms with Crippen LogP contribution in [0.2, 0.25) is 5.02 Å². The van der Waals surface area contributed by atoms with Gasteiger partial charge < -0.3 is 9.84 Å². The van der Waals surface area contributed by atoms with Gasteiger partial charge in [-0.2, -0.15) is 0 Å². The molecule has 1 N–H and O–H groups in total. The van der Waals surface area contributed by atoms with E-state index in [2.05, 4.69) is 31.3 Å². The summed E-state index contributed by atoms with van der Waals surface area (Å²) in [5.41, 5.74) is 2.29. The second-order valence-electron chi connectivity index (χ2n) is 7.10. The first kappa shape index (κ1) is 20.1. The quantitative estimate of drug-likeness (QED) is 0.525. The van der Waals surface area contributed by atoms with Crippen molar-refractivity contribution in [2.45, 2.75) is 18.9 Å². The van der Waals surface area contributed by atoms with Gasteiger partial charge in [0.1, 0.15) is 0 Å². The van der Waals surface area contributed by atoms with E-state index in [0.29, 0.717) is 17.3 Å². The van der Waals surface area contributed by atoms with Crippen LogP contribution in [0.25, 0.3) is 11.3 Å². The Morgan fingerprint density at radius 3 is 2.52 bits per heavy atom. The maximum Gasteiger partial charge on any atom is 0.273 e. The fourth-order valence-electron chi connectivity index (χ4n) is 3.61. The zero-order valence-corrected chi connectivity index (χ0v) is 18.1. The number of amides is 1. The van der Waals surface area contributed by atoms with Crippen molar-refractivity contribution in [3.8, 4) is 11.3 Å². The molecule has 1 aliphatic heterocycles. The van der Waals surface area contributed by atoms with Crippen molar-refractivity contribution < 1.29 is 9.32 Å². The van der Waals surface area contributed by atoms with Crippen LogP contribution >= 0.6 is 27.5 Å². The van der Waals surface area contributed by atoms with Crippen LogP contribution in [0.3, 0.4) is 0 Å². The second kappa shape index (κ2) is 9.11. The summed E-state index contributed by atoms with van der Waals surface area (Å²) in [6.07, 6.45) is 2.36. The molecule has 29 heavy (non-hydrogen) atoms. The fraction of sp³-hybridized carbons (Fsp3) is 0.273. The van der Waals surface area contributed by atoms with Gasteiger partial charge in [-0.05, 0) is 55.8 Å². The molecule has 5 nitrogen and oxygen atoms in total. The Hall–Kier alpha value is -2.15. The van der Waals surface area contributed by atoms with Crippen LogP contribution in [0.5, 0.6) is 0 Å². The molecule has 0 bridgehead atoms. The van der Waals surface area contributed by atoms with E-state index in [-0.39, 0.29) is 17.6 Å². The molecule has 1 saturated heterocycles. The first-order valence-electron chi connectivity index (χ1n) is 9.60. The first-order valence-corrected chi connectivity index (χ1v) is 10.8. The number of benzene rings is 2. The molecule has 2 heterocycles. The highest BCUT2D eigenvalue weighted by molar-refractivity contribution is 9.10. The molecule has 0 saturated carbocycles. The minimum absolute atomic E-state index is 0.108. The number of halogens is 2. The largest absolute Gasteiger partial charge is 0.355 e. The van der Waals surface area contributed by atoms with Gasteiger partial charge in [0.15, 0.2) is 11.5 Å². The van der Waals surface area contributed by atoms with Gasteiger partial charge in [-0.1, -0.05) is 57.0 Å². The van der Waals surface area contributed by atoms with Crippen LogP contribution in [-0.2, 0) is 0 Å². The van der Waals surface area contributed by atoms with Gasteiger partial charge in [0, 0.05) is 27.7 Å². The van der Waals surface area contributed by atoms with E-state index in [0.717, 1.165) is 28.7 Å².